The van der Waals surface area contributed by atoms with Gasteiger partial charge in [0.25, 0.3) is 6.43 Å². The van der Waals surface area contributed by atoms with Crippen LogP contribution in [0.25, 0.3) is 0 Å². The minimum atomic E-state index is -2.90. The predicted octanol–water partition coefficient (Wildman–Crippen LogP) is 1.88. The molecule has 5 atom stereocenters. The number of fused-ring (bicyclic) bond motifs is 1. The Morgan fingerprint density at radius 1 is 1.29 bits per heavy atom. The number of amides is 1. The molecule has 2 saturated heterocycles. The summed E-state index contributed by atoms with van der Waals surface area (Å²) in [4.78, 5) is 14.3. The van der Waals surface area contributed by atoms with E-state index in [9.17, 15) is 22.4 Å². The second-order valence-electron chi connectivity index (χ2n) is 7.31. The van der Waals surface area contributed by atoms with Crippen LogP contribution in [0.3, 0.4) is 0 Å². The van der Waals surface area contributed by atoms with E-state index in [2.05, 4.69) is 16.1 Å². The zero-order valence-corrected chi connectivity index (χ0v) is 15.9. The van der Waals surface area contributed by atoms with Crippen LogP contribution in [-0.2, 0) is 4.79 Å². The number of halogens is 4. The Labute approximate surface area is 161 Å². The molecule has 3 rings (SSSR count). The molecule has 0 bridgehead atoms. The van der Waals surface area contributed by atoms with Crippen molar-refractivity contribution < 1.29 is 22.4 Å². The Hall–Kier alpha value is -1.75. The van der Waals surface area contributed by atoms with Crippen molar-refractivity contribution in [2.45, 2.75) is 44.3 Å². The summed E-state index contributed by atoms with van der Waals surface area (Å²) in [5, 5.41) is 7.77. The molecule has 2 aliphatic rings. The third-order valence-corrected chi connectivity index (χ3v) is 5.35. The lowest BCUT2D eigenvalue weighted by Gasteiger charge is -2.41. The number of benzene rings is 1. The van der Waals surface area contributed by atoms with Gasteiger partial charge in [-0.3, -0.25) is 15.0 Å². The van der Waals surface area contributed by atoms with Crippen LogP contribution in [0.1, 0.15) is 36.9 Å². The molecule has 6 nitrogen and oxygen atoms in total. The van der Waals surface area contributed by atoms with E-state index in [1.807, 2.05) is 6.92 Å². The van der Waals surface area contributed by atoms with Crippen LogP contribution in [0.4, 0.5) is 17.6 Å². The molecule has 0 aromatic heterocycles. The smallest absolute Gasteiger partial charge is 0.266 e. The van der Waals surface area contributed by atoms with E-state index in [0.717, 1.165) is 12.1 Å². The fourth-order valence-electron chi connectivity index (χ4n) is 3.90. The van der Waals surface area contributed by atoms with Crippen molar-refractivity contribution in [3.8, 4) is 0 Å². The summed E-state index contributed by atoms with van der Waals surface area (Å²) in [6.07, 6.45) is -3.39. The summed E-state index contributed by atoms with van der Waals surface area (Å²) < 4.78 is 53.4. The quantitative estimate of drug-likeness (QED) is 0.634. The van der Waals surface area contributed by atoms with E-state index >= 15 is 0 Å². The van der Waals surface area contributed by atoms with Gasteiger partial charge in [0.2, 0.25) is 5.91 Å². The van der Waals surface area contributed by atoms with Crippen LogP contribution in [0.5, 0.6) is 0 Å². The zero-order chi connectivity index (χ0) is 20.6. The molecule has 1 amide bonds. The van der Waals surface area contributed by atoms with Gasteiger partial charge in [0.1, 0.15) is 18.8 Å². The summed E-state index contributed by atoms with van der Waals surface area (Å²) in [7, 11) is 3.57. The van der Waals surface area contributed by atoms with Gasteiger partial charge in [-0.25, -0.2) is 28.0 Å². The van der Waals surface area contributed by atoms with Crippen molar-refractivity contribution in [1.82, 2.24) is 26.0 Å². The Morgan fingerprint density at radius 3 is 2.54 bits per heavy atom. The first-order valence-electron chi connectivity index (χ1n) is 9.19. The molecule has 1 aromatic carbocycles. The molecule has 2 fully saturated rings. The average molecular weight is 403 g/mol. The Morgan fingerprint density at radius 2 is 2.00 bits per heavy atom. The van der Waals surface area contributed by atoms with Crippen molar-refractivity contribution in [1.29, 1.82) is 0 Å². The van der Waals surface area contributed by atoms with Gasteiger partial charge in [0.15, 0.2) is 0 Å². The summed E-state index contributed by atoms with van der Waals surface area (Å²) in [6, 6.07) is 2.43. The van der Waals surface area contributed by atoms with E-state index in [-0.39, 0.29) is 5.91 Å². The zero-order valence-electron chi connectivity index (χ0n) is 15.9. The predicted molar refractivity (Wildman–Crippen MR) is 95.2 cm³/mol. The Balaban J connectivity index is 1.93. The monoisotopic (exact) mass is 403 g/mol. The van der Waals surface area contributed by atoms with Gasteiger partial charge < -0.3 is 5.32 Å². The van der Waals surface area contributed by atoms with Crippen molar-refractivity contribution in [2.24, 2.45) is 5.92 Å². The number of alkyl halides is 3. The third-order valence-electron chi connectivity index (χ3n) is 5.35. The van der Waals surface area contributed by atoms with Gasteiger partial charge in [-0.1, -0.05) is 19.1 Å². The van der Waals surface area contributed by atoms with Gasteiger partial charge in [-0.05, 0) is 32.1 Å². The number of rotatable bonds is 6. The maximum absolute atomic E-state index is 14.1. The van der Waals surface area contributed by atoms with Crippen LogP contribution in [0, 0.1) is 11.7 Å². The maximum Gasteiger partial charge on any atom is 0.266 e. The van der Waals surface area contributed by atoms with Crippen molar-refractivity contribution in [3.63, 3.8) is 0 Å². The van der Waals surface area contributed by atoms with Crippen LogP contribution < -0.4 is 16.1 Å². The molecule has 156 valence electrons. The molecule has 0 radical (unpaired) electrons. The highest BCUT2D eigenvalue weighted by Gasteiger charge is 2.51. The molecule has 3 N–H and O–H groups in total. The fraction of sp³-hybridized carbons (Fsp3) is 0.611. The summed E-state index contributed by atoms with van der Waals surface area (Å²) in [6.45, 7) is 1.10. The topological polar surface area (TPSA) is 59.6 Å². The summed E-state index contributed by atoms with van der Waals surface area (Å²) in [5.74, 6) is -1.95. The van der Waals surface area contributed by atoms with Crippen molar-refractivity contribution >= 4 is 5.91 Å². The minimum absolute atomic E-state index is 0.283. The van der Waals surface area contributed by atoms with Gasteiger partial charge in [-0.15, -0.1) is 0 Å². The molecular formula is C18H25F4N5O. The second kappa shape index (κ2) is 8.32. The van der Waals surface area contributed by atoms with Crippen LogP contribution in [0.15, 0.2) is 18.2 Å². The van der Waals surface area contributed by atoms with E-state index in [1.165, 1.54) is 6.07 Å². The molecular weight excluding hydrogens is 378 g/mol. The number of carbonyl (C=O) groups excluding carboxylic acids is 1. The maximum atomic E-state index is 14.1. The first-order valence-corrected chi connectivity index (χ1v) is 9.19. The molecule has 2 heterocycles. The number of nitrogens with one attached hydrogen (secondary N) is 3. The van der Waals surface area contributed by atoms with Gasteiger partial charge in [-0.2, -0.15) is 0 Å². The molecule has 2 aliphatic heterocycles. The second-order valence-corrected chi connectivity index (χ2v) is 7.31. The first kappa shape index (κ1) is 21.0. The number of hydrogen-bond acceptors (Lipinski definition) is 5. The van der Waals surface area contributed by atoms with E-state index in [4.69, 9.17) is 0 Å². The summed E-state index contributed by atoms with van der Waals surface area (Å²) >= 11 is 0. The number of hydrogen-bond donors (Lipinski definition) is 3. The number of hydrazine groups is 1. The molecule has 0 aliphatic carbocycles. The van der Waals surface area contributed by atoms with Crippen LogP contribution in [-0.4, -0.2) is 55.1 Å². The normalized spacial score (nSPS) is 29.2. The lowest BCUT2D eigenvalue weighted by Crippen LogP contribution is -2.68. The van der Waals surface area contributed by atoms with E-state index < -0.39 is 54.9 Å². The lowest BCUT2D eigenvalue weighted by molar-refractivity contribution is -0.133. The highest BCUT2D eigenvalue weighted by molar-refractivity contribution is 5.81. The molecule has 1 aromatic rings. The highest BCUT2D eigenvalue weighted by atomic mass is 19.3. The van der Waals surface area contributed by atoms with Gasteiger partial charge >= 0.3 is 0 Å². The Bertz CT molecular complexity index is 719. The first-order chi connectivity index (χ1) is 13.3. The Kier molecular flexibility index (Phi) is 6.23. The fourth-order valence-corrected chi connectivity index (χ4v) is 3.90. The van der Waals surface area contributed by atoms with Crippen LogP contribution >= 0.6 is 0 Å². The van der Waals surface area contributed by atoms with Crippen molar-refractivity contribution in [2.75, 3.05) is 20.8 Å². The SMILES string of the molecule is CCC(c1ccc(C(F)F)c(F)c1)N1NC(CF)C2C(=O)NC(N(C)C)NC21. The standard InChI is InChI=1S/C18H25F4N5O/c1-4-13(9-5-6-10(15(21)22)11(20)7-9)27-16-14(12(8-19)25-27)17(28)24-18(23-16)26(2)3/h5-7,12-16,18,23,25H,4,8H2,1-3H3,(H,24,28). The average Bonchev–Trinajstić information content (AvgIpc) is 3.01. The molecule has 10 heteroatoms. The molecule has 28 heavy (non-hydrogen) atoms. The molecule has 0 saturated carbocycles. The number of carbonyl (C=O) groups is 1. The highest BCUT2D eigenvalue weighted by Crippen LogP contribution is 2.35. The van der Waals surface area contributed by atoms with Gasteiger partial charge in [0.05, 0.1) is 29.7 Å². The third kappa shape index (κ3) is 3.73. The molecule has 0 spiro atoms. The molecule has 5 unspecified atom stereocenters. The largest absolute Gasteiger partial charge is 0.327 e. The van der Waals surface area contributed by atoms with E-state index in [0.29, 0.717) is 12.0 Å². The lowest BCUT2D eigenvalue weighted by atomic mass is 9.95. The van der Waals surface area contributed by atoms with Crippen molar-refractivity contribution in [3.05, 3.63) is 35.1 Å². The van der Waals surface area contributed by atoms with E-state index in [1.54, 1.807) is 24.0 Å². The summed E-state index contributed by atoms with van der Waals surface area (Å²) in [5.41, 5.74) is 2.84. The van der Waals surface area contributed by atoms with Gasteiger partial charge in [0, 0.05) is 0 Å². The van der Waals surface area contributed by atoms with Crippen LogP contribution in [0.2, 0.25) is 0 Å². The number of nitrogens with zero attached hydrogens (tertiary/aromatic N) is 2. The minimum Gasteiger partial charge on any atom is -0.327 e.